The van der Waals surface area contributed by atoms with Crippen LogP contribution >= 0.6 is 23.5 Å². The zero-order valence-electron chi connectivity index (χ0n) is 18.4. The lowest BCUT2D eigenvalue weighted by atomic mass is 10.1. The number of hydrogen-bond donors (Lipinski definition) is 2. The van der Waals surface area contributed by atoms with Crippen LogP contribution in [0.5, 0.6) is 0 Å². The first-order valence-electron chi connectivity index (χ1n) is 10.1. The first-order chi connectivity index (χ1) is 14.9. The van der Waals surface area contributed by atoms with Gasteiger partial charge < -0.3 is 15.4 Å². The summed E-state index contributed by atoms with van der Waals surface area (Å²) in [4.78, 5) is 36.5. The van der Waals surface area contributed by atoms with Crippen LogP contribution in [0.4, 0.5) is 22.0 Å². The predicted octanol–water partition coefficient (Wildman–Crippen LogP) is 3.78. The van der Waals surface area contributed by atoms with Crippen molar-refractivity contribution in [1.29, 1.82) is 0 Å². The van der Waals surface area contributed by atoms with E-state index in [2.05, 4.69) is 5.32 Å². The van der Waals surface area contributed by atoms with Gasteiger partial charge in [0.1, 0.15) is 12.1 Å². The second-order valence-electron chi connectivity index (χ2n) is 6.95. The molecule has 0 rings (SSSR count). The zero-order valence-corrected chi connectivity index (χ0v) is 20.0. The average molecular weight is 511 g/mol. The molecule has 0 fully saturated rings. The Bertz CT molecular complexity index is 595. The summed E-state index contributed by atoms with van der Waals surface area (Å²) in [6.07, 6.45) is 0.759. The van der Waals surface area contributed by atoms with Gasteiger partial charge in [-0.25, -0.2) is 4.79 Å². The lowest BCUT2D eigenvalue weighted by Gasteiger charge is -2.25. The molecule has 0 aliphatic rings. The SMILES string of the molecule is CCCCCCOC(=O)C(CCSC)NC(=O)C(CCSC)NC(=O)C(F)(F)C(F)(F)F. The molecule has 6 nitrogen and oxygen atoms in total. The largest absolute Gasteiger partial charge is 0.464 e. The molecule has 0 saturated heterocycles. The molecule has 0 aliphatic carbocycles. The highest BCUT2D eigenvalue weighted by atomic mass is 32.2. The van der Waals surface area contributed by atoms with Crippen molar-refractivity contribution in [2.24, 2.45) is 0 Å². The lowest BCUT2D eigenvalue weighted by molar-refractivity contribution is -0.270. The van der Waals surface area contributed by atoms with E-state index in [1.54, 1.807) is 12.5 Å². The van der Waals surface area contributed by atoms with Crippen molar-refractivity contribution in [3.8, 4) is 0 Å². The van der Waals surface area contributed by atoms with Gasteiger partial charge in [0, 0.05) is 0 Å². The van der Waals surface area contributed by atoms with E-state index >= 15 is 0 Å². The second-order valence-corrected chi connectivity index (χ2v) is 8.92. The molecule has 13 heteroatoms. The lowest BCUT2D eigenvalue weighted by Crippen LogP contribution is -2.58. The highest BCUT2D eigenvalue weighted by Crippen LogP contribution is 2.35. The summed E-state index contributed by atoms with van der Waals surface area (Å²) in [6.45, 7) is 2.17. The van der Waals surface area contributed by atoms with Crippen LogP contribution in [0.1, 0.15) is 45.4 Å². The summed E-state index contributed by atoms with van der Waals surface area (Å²) < 4.78 is 69.2. The van der Waals surface area contributed by atoms with Crippen molar-refractivity contribution in [3.05, 3.63) is 0 Å². The van der Waals surface area contributed by atoms with E-state index in [1.165, 1.54) is 28.8 Å². The smallest absolute Gasteiger partial charge is 0.463 e. The van der Waals surface area contributed by atoms with E-state index in [0.717, 1.165) is 19.3 Å². The van der Waals surface area contributed by atoms with Gasteiger partial charge in [-0.2, -0.15) is 45.5 Å². The molecule has 2 amide bonds. The monoisotopic (exact) mass is 510 g/mol. The van der Waals surface area contributed by atoms with Crippen LogP contribution in [0.15, 0.2) is 0 Å². The molecule has 0 spiro atoms. The van der Waals surface area contributed by atoms with Crippen molar-refractivity contribution < 1.29 is 41.1 Å². The normalized spacial score (nSPS) is 13.9. The first-order valence-corrected chi connectivity index (χ1v) is 12.9. The Labute approximate surface area is 193 Å². The topological polar surface area (TPSA) is 84.5 Å². The molecule has 188 valence electrons. The summed E-state index contributed by atoms with van der Waals surface area (Å²) in [5.74, 6) is -9.36. The van der Waals surface area contributed by atoms with E-state index in [1.807, 2.05) is 6.92 Å². The molecule has 0 saturated carbocycles. The maximum atomic E-state index is 13.3. The third kappa shape index (κ3) is 11.1. The third-order valence-corrected chi connectivity index (χ3v) is 5.62. The first kappa shape index (κ1) is 30.8. The van der Waals surface area contributed by atoms with Crippen LogP contribution in [0.2, 0.25) is 0 Å². The predicted molar refractivity (Wildman–Crippen MR) is 116 cm³/mol. The van der Waals surface area contributed by atoms with Gasteiger partial charge in [0.25, 0.3) is 0 Å². The Morgan fingerprint density at radius 1 is 0.875 bits per heavy atom. The molecule has 0 aromatic rings. The number of carbonyl (C=O) groups is 3. The molecule has 2 unspecified atom stereocenters. The molecular formula is C19H31F5N2O4S2. The molecule has 2 atom stereocenters. The van der Waals surface area contributed by atoms with Gasteiger partial charge in [0.15, 0.2) is 0 Å². The summed E-state index contributed by atoms with van der Waals surface area (Å²) in [5.41, 5.74) is 0. The number of rotatable bonds is 16. The van der Waals surface area contributed by atoms with Crippen LogP contribution < -0.4 is 10.6 Å². The second kappa shape index (κ2) is 15.6. The maximum absolute atomic E-state index is 13.3. The van der Waals surface area contributed by atoms with Crippen molar-refractivity contribution in [2.75, 3.05) is 30.6 Å². The van der Waals surface area contributed by atoms with Crippen LogP contribution in [0, 0.1) is 0 Å². The zero-order chi connectivity index (χ0) is 24.8. The molecule has 0 heterocycles. The van der Waals surface area contributed by atoms with E-state index in [9.17, 15) is 36.3 Å². The standard InChI is InChI=1S/C19H31F5N2O4S2/c1-4-5-6-7-10-30-16(28)14(9-12-32-3)25-15(27)13(8-11-31-2)26-17(29)18(20,21)19(22,23)24/h13-14H,4-12H2,1-3H3,(H,25,27)(H,26,29). The van der Waals surface area contributed by atoms with E-state index in [4.69, 9.17) is 4.74 Å². The number of alkyl halides is 5. The van der Waals surface area contributed by atoms with Gasteiger partial charge in [-0.15, -0.1) is 0 Å². The van der Waals surface area contributed by atoms with Gasteiger partial charge in [0.2, 0.25) is 5.91 Å². The van der Waals surface area contributed by atoms with Crippen LogP contribution in [0.3, 0.4) is 0 Å². The highest BCUT2D eigenvalue weighted by Gasteiger charge is 2.63. The van der Waals surface area contributed by atoms with Crippen molar-refractivity contribution in [1.82, 2.24) is 10.6 Å². The van der Waals surface area contributed by atoms with Crippen molar-refractivity contribution >= 4 is 41.3 Å². The molecule has 0 aromatic heterocycles. The minimum Gasteiger partial charge on any atom is -0.464 e. The fraction of sp³-hybridized carbons (Fsp3) is 0.842. The quantitative estimate of drug-likeness (QED) is 0.187. The molecule has 0 bridgehead atoms. The molecule has 0 aromatic carbocycles. The van der Waals surface area contributed by atoms with Gasteiger partial charge >= 0.3 is 24.0 Å². The highest BCUT2D eigenvalue weighted by molar-refractivity contribution is 7.98. The number of thioether (sulfide) groups is 2. The Balaban J connectivity index is 5.22. The van der Waals surface area contributed by atoms with Crippen LogP contribution in [-0.2, 0) is 19.1 Å². The molecule has 0 radical (unpaired) electrons. The number of amides is 2. The number of ether oxygens (including phenoxy) is 1. The number of carbonyl (C=O) groups excluding carboxylic acids is 3. The number of esters is 1. The minimum atomic E-state index is -6.10. The fourth-order valence-corrected chi connectivity index (χ4v) is 3.38. The Hall–Kier alpha value is -1.24. The summed E-state index contributed by atoms with van der Waals surface area (Å²) in [6, 6.07) is -2.78. The van der Waals surface area contributed by atoms with E-state index in [-0.39, 0.29) is 25.2 Å². The summed E-state index contributed by atoms with van der Waals surface area (Å²) in [7, 11) is 0. The van der Waals surface area contributed by atoms with Crippen LogP contribution in [-0.4, -0.2) is 72.6 Å². The van der Waals surface area contributed by atoms with E-state index in [0.29, 0.717) is 12.2 Å². The Morgan fingerprint density at radius 2 is 1.44 bits per heavy atom. The summed E-state index contributed by atoms with van der Waals surface area (Å²) in [5, 5.41) is 3.80. The van der Waals surface area contributed by atoms with E-state index < -0.39 is 42.0 Å². The van der Waals surface area contributed by atoms with Gasteiger partial charge in [0.05, 0.1) is 6.61 Å². The molecule has 32 heavy (non-hydrogen) atoms. The Kier molecular flexibility index (Phi) is 15.0. The number of hydrogen-bond acceptors (Lipinski definition) is 6. The molecule has 0 aliphatic heterocycles. The maximum Gasteiger partial charge on any atom is 0.463 e. The summed E-state index contributed by atoms with van der Waals surface area (Å²) >= 11 is 2.60. The van der Waals surface area contributed by atoms with Gasteiger partial charge in [-0.3, -0.25) is 9.59 Å². The number of nitrogens with one attached hydrogen (secondary N) is 2. The third-order valence-electron chi connectivity index (χ3n) is 4.33. The van der Waals surface area contributed by atoms with Crippen LogP contribution in [0.25, 0.3) is 0 Å². The fourth-order valence-electron chi connectivity index (χ4n) is 2.44. The number of unbranched alkanes of at least 4 members (excludes halogenated alkanes) is 3. The van der Waals surface area contributed by atoms with Gasteiger partial charge in [-0.1, -0.05) is 26.2 Å². The van der Waals surface area contributed by atoms with Crippen molar-refractivity contribution in [2.45, 2.75) is 69.6 Å². The Morgan fingerprint density at radius 3 is 1.94 bits per heavy atom. The molecule has 2 N–H and O–H groups in total. The molecular weight excluding hydrogens is 479 g/mol. The minimum absolute atomic E-state index is 0.148. The number of halogens is 5. The average Bonchev–Trinajstić information content (AvgIpc) is 2.72. The van der Waals surface area contributed by atoms with Crippen molar-refractivity contribution in [3.63, 3.8) is 0 Å². The van der Waals surface area contributed by atoms with Gasteiger partial charge in [-0.05, 0) is 43.3 Å².